The second kappa shape index (κ2) is 7.22. The number of aryl methyl sites for hydroxylation is 2. The lowest BCUT2D eigenvalue weighted by molar-refractivity contribution is 0.199. The van der Waals surface area contributed by atoms with E-state index < -0.39 is 0 Å². The number of nitrogens with zero attached hydrogens (tertiary/aromatic N) is 2. The summed E-state index contributed by atoms with van der Waals surface area (Å²) in [6.07, 6.45) is 4.03. The molecule has 4 nitrogen and oxygen atoms in total. The van der Waals surface area contributed by atoms with Crippen molar-refractivity contribution in [2.75, 3.05) is 20.3 Å². The van der Waals surface area contributed by atoms with Gasteiger partial charge in [-0.3, -0.25) is 4.68 Å². The Morgan fingerprint density at radius 3 is 2.70 bits per heavy atom. The van der Waals surface area contributed by atoms with Gasteiger partial charge < -0.3 is 10.1 Å². The van der Waals surface area contributed by atoms with E-state index in [1.165, 1.54) is 22.3 Å². The molecule has 2 aromatic rings. The maximum atomic E-state index is 5.01. The summed E-state index contributed by atoms with van der Waals surface area (Å²) in [7, 11) is 1.71. The molecular formula is C16H23N3O. The third-order valence-corrected chi connectivity index (χ3v) is 3.46. The van der Waals surface area contributed by atoms with Crippen LogP contribution in [0.25, 0.3) is 0 Å². The van der Waals surface area contributed by atoms with Crippen molar-refractivity contribution in [2.24, 2.45) is 0 Å². The molecule has 0 fully saturated rings. The number of methoxy groups -OCH3 is 1. The lowest BCUT2D eigenvalue weighted by atomic mass is 10.0. The SMILES string of the molecule is COCCNCc1cnn(Cc2c(C)cccc2C)c1. The Hall–Kier alpha value is -1.65. The van der Waals surface area contributed by atoms with Crippen LogP contribution in [0.3, 0.4) is 0 Å². The van der Waals surface area contributed by atoms with Gasteiger partial charge in [0.15, 0.2) is 0 Å². The van der Waals surface area contributed by atoms with Crippen molar-refractivity contribution < 1.29 is 4.74 Å². The number of nitrogens with one attached hydrogen (secondary N) is 1. The van der Waals surface area contributed by atoms with E-state index >= 15 is 0 Å². The zero-order valence-electron chi connectivity index (χ0n) is 12.5. The molecule has 0 aliphatic carbocycles. The Balaban J connectivity index is 1.96. The molecule has 1 N–H and O–H groups in total. The average Bonchev–Trinajstić information content (AvgIpc) is 2.87. The molecule has 1 aromatic heterocycles. The quantitative estimate of drug-likeness (QED) is 0.787. The fourth-order valence-corrected chi connectivity index (χ4v) is 2.25. The Kier molecular flexibility index (Phi) is 5.32. The fourth-order valence-electron chi connectivity index (χ4n) is 2.25. The van der Waals surface area contributed by atoms with Crippen LogP contribution >= 0.6 is 0 Å². The minimum atomic E-state index is 0.733. The molecule has 0 saturated carbocycles. The van der Waals surface area contributed by atoms with Gasteiger partial charge in [0.2, 0.25) is 0 Å². The summed E-state index contributed by atoms with van der Waals surface area (Å²) >= 11 is 0. The van der Waals surface area contributed by atoms with Gasteiger partial charge in [-0.15, -0.1) is 0 Å². The predicted octanol–water partition coefficient (Wildman–Crippen LogP) is 2.28. The lowest BCUT2D eigenvalue weighted by Crippen LogP contribution is -2.18. The van der Waals surface area contributed by atoms with Crippen LogP contribution in [0.1, 0.15) is 22.3 Å². The first kappa shape index (κ1) is 14.8. The Labute approximate surface area is 120 Å². The number of rotatable bonds is 7. The van der Waals surface area contributed by atoms with E-state index in [1.54, 1.807) is 7.11 Å². The van der Waals surface area contributed by atoms with Gasteiger partial charge in [0.1, 0.15) is 0 Å². The number of ether oxygens (including phenoxy) is 1. The summed E-state index contributed by atoms with van der Waals surface area (Å²) in [5.74, 6) is 0. The van der Waals surface area contributed by atoms with E-state index in [0.717, 1.165) is 26.2 Å². The van der Waals surface area contributed by atoms with Crippen LogP contribution in [0.4, 0.5) is 0 Å². The molecule has 2 rings (SSSR count). The second-order valence-corrected chi connectivity index (χ2v) is 5.09. The number of hydrogen-bond donors (Lipinski definition) is 1. The monoisotopic (exact) mass is 273 g/mol. The summed E-state index contributed by atoms with van der Waals surface area (Å²) in [5, 5.41) is 7.76. The molecule has 0 saturated heterocycles. The molecule has 4 heteroatoms. The third kappa shape index (κ3) is 3.92. The van der Waals surface area contributed by atoms with E-state index in [9.17, 15) is 0 Å². The molecule has 1 heterocycles. The van der Waals surface area contributed by atoms with Crippen molar-refractivity contribution in [3.63, 3.8) is 0 Å². The minimum Gasteiger partial charge on any atom is -0.383 e. The van der Waals surface area contributed by atoms with Crippen molar-refractivity contribution in [3.05, 3.63) is 52.8 Å². The van der Waals surface area contributed by atoms with E-state index in [0.29, 0.717) is 0 Å². The molecular weight excluding hydrogens is 250 g/mol. The normalized spacial score (nSPS) is 10.9. The molecule has 0 unspecified atom stereocenters. The Bertz CT molecular complexity index is 528. The van der Waals surface area contributed by atoms with Crippen LogP contribution in [0.2, 0.25) is 0 Å². The highest BCUT2D eigenvalue weighted by atomic mass is 16.5. The molecule has 0 spiro atoms. The summed E-state index contributed by atoms with van der Waals surface area (Å²) in [6, 6.07) is 6.40. The van der Waals surface area contributed by atoms with Crippen molar-refractivity contribution in [3.8, 4) is 0 Å². The third-order valence-electron chi connectivity index (χ3n) is 3.46. The van der Waals surface area contributed by atoms with Crippen LogP contribution in [-0.2, 0) is 17.8 Å². The van der Waals surface area contributed by atoms with Gasteiger partial charge in [0.05, 0.1) is 19.3 Å². The number of hydrogen-bond acceptors (Lipinski definition) is 3. The first-order chi connectivity index (χ1) is 9.70. The van der Waals surface area contributed by atoms with Gasteiger partial charge >= 0.3 is 0 Å². The molecule has 0 aliphatic rings. The summed E-state index contributed by atoms with van der Waals surface area (Å²) in [6.45, 7) is 7.56. The molecule has 108 valence electrons. The van der Waals surface area contributed by atoms with E-state index in [4.69, 9.17) is 4.74 Å². The highest BCUT2D eigenvalue weighted by Gasteiger charge is 2.04. The largest absolute Gasteiger partial charge is 0.383 e. The topological polar surface area (TPSA) is 39.1 Å². The molecule has 0 radical (unpaired) electrons. The Morgan fingerprint density at radius 1 is 1.25 bits per heavy atom. The molecule has 0 aliphatic heterocycles. The van der Waals surface area contributed by atoms with Gasteiger partial charge in [0.25, 0.3) is 0 Å². The molecule has 0 atom stereocenters. The molecule has 0 amide bonds. The van der Waals surface area contributed by atoms with Crippen LogP contribution < -0.4 is 5.32 Å². The van der Waals surface area contributed by atoms with Gasteiger partial charge in [-0.25, -0.2) is 0 Å². The zero-order chi connectivity index (χ0) is 14.4. The van der Waals surface area contributed by atoms with E-state index in [1.807, 2.05) is 10.9 Å². The van der Waals surface area contributed by atoms with Crippen LogP contribution in [0, 0.1) is 13.8 Å². The van der Waals surface area contributed by atoms with Gasteiger partial charge in [0, 0.05) is 32.0 Å². The van der Waals surface area contributed by atoms with Gasteiger partial charge in [-0.05, 0) is 30.5 Å². The van der Waals surface area contributed by atoms with Gasteiger partial charge in [-0.2, -0.15) is 5.10 Å². The smallest absolute Gasteiger partial charge is 0.0664 e. The van der Waals surface area contributed by atoms with Crippen molar-refractivity contribution in [1.82, 2.24) is 15.1 Å². The predicted molar refractivity (Wildman–Crippen MR) is 80.8 cm³/mol. The average molecular weight is 273 g/mol. The zero-order valence-corrected chi connectivity index (χ0v) is 12.5. The van der Waals surface area contributed by atoms with E-state index in [-0.39, 0.29) is 0 Å². The van der Waals surface area contributed by atoms with Crippen molar-refractivity contribution >= 4 is 0 Å². The highest BCUT2D eigenvalue weighted by Crippen LogP contribution is 2.14. The first-order valence-corrected chi connectivity index (χ1v) is 6.97. The fraction of sp³-hybridized carbons (Fsp3) is 0.438. The lowest BCUT2D eigenvalue weighted by Gasteiger charge is -2.09. The van der Waals surface area contributed by atoms with Crippen molar-refractivity contribution in [2.45, 2.75) is 26.9 Å². The number of aromatic nitrogens is 2. The van der Waals surface area contributed by atoms with Crippen molar-refractivity contribution in [1.29, 1.82) is 0 Å². The molecule has 20 heavy (non-hydrogen) atoms. The maximum Gasteiger partial charge on any atom is 0.0664 e. The highest BCUT2D eigenvalue weighted by molar-refractivity contribution is 5.33. The summed E-state index contributed by atoms with van der Waals surface area (Å²) in [5.41, 5.74) is 5.20. The maximum absolute atomic E-state index is 5.01. The molecule has 1 aromatic carbocycles. The van der Waals surface area contributed by atoms with Crippen LogP contribution in [-0.4, -0.2) is 30.0 Å². The number of benzene rings is 1. The van der Waals surface area contributed by atoms with Crippen LogP contribution in [0.15, 0.2) is 30.6 Å². The minimum absolute atomic E-state index is 0.733. The summed E-state index contributed by atoms with van der Waals surface area (Å²) < 4.78 is 7.01. The summed E-state index contributed by atoms with van der Waals surface area (Å²) in [4.78, 5) is 0. The molecule has 0 bridgehead atoms. The van der Waals surface area contributed by atoms with E-state index in [2.05, 4.69) is 48.7 Å². The Morgan fingerprint density at radius 2 is 2.00 bits per heavy atom. The van der Waals surface area contributed by atoms with Gasteiger partial charge in [-0.1, -0.05) is 18.2 Å². The second-order valence-electron chi connectivity index (χ2n) is 5.09. The standard InChI is InChI=1S/C16H23N3O/c1-13-5-4-6-14(2)16(13)12-19-11-15(10-18-19)9-17-7-8-20-3/h4-6,10-11,17H,7-9,12H2,1-3H3. The van der Waals surface area contributed by atoms with Crippen LogP contribution in [0.5, 0.6) is 0 Å². The first-order valence-electron chi connectivity index (χ1n) is 6.97.